The number of piperazine rings is 1. The lowest BCUT2D eigenvalue weighted by Gasteiger charge is -2.35. The molecule has 1 fully saturated rings. The molecule has 2 amide bonds. The smallest absolute Gasteiger partial charge is 0.254 e. The van der Waals surface area contributed by atoms with Crippen molar-refractivity contribution in [2.45, 2.75) is 0 Å². The van der Waals surface area contributed by atoms with Gasteiger partial charge in [-0.05, 0) is 30.3 Å². The van der Waals surface area contributed by atoms with Crippen molar-refractivity contribution >= 4 is 43.7 Å². The Labute approximate surface area is 157 Å². The summed E-state index contributed by atoms with van der Waals surface area (Å²) >= 11 is 6.81. The van der Waals surface area contributed by atoms with Crippen LogP contribution in [-0.2, 0) is 0 Å². The first kappa shape index (κ1) is 17.2. The zero-order valence-corrected chi connectivity index (χ0v) is 16.1. The molecule has 1 heterocycles. The molecule has 0 atom stereocenters. The van der Waals surface area contributed by atoms with E-state index in [1.807, 2.05) is 48.5 Å². The van der Waals surface area contributed by atoms with Crippen LogP contribution in [0.4, 0.5) is 0 Å². The van der Waals surface area contributed by atoms with Crippen LogP contribution in [0.1, 0.15) is 20.7 Å². The molecule has 0 N–H and O–H groups in total. The molecule has 6 heteroatoms. The summed E-state index contributed by atoms with van der Waals surface area (Å²) < 4.78 is 1.72. The topological polar surface area (TPSA) is 40.6 Å². The number of benzene rings is 2. The molecule has 0 spiro atoms. The van der Waals surface area contributed by atoms with Crippen molar-refractivity contribution in [3.05, 3.63) is 68.6 Å². The van der Waals surface area contributed by atoms with E-state index >= 15 is 0 Å². The fraction of sp³-hybridized carbons (Fsp3) is 0.222. The first-order valence-electron chi connectivity index (χ1n) is 7.64. The maximum atomic E-state index is 12.6. The lowest BCUT2D eigenvalue weighted by molar-refractivity contribution is 0.0535. The van der Waals surface area contributed by atoms with E-state index in [4.69, 9.17) is 0 Å². The summed E-state index contributed by atoms with van der Waals surface area (Å²) in [5.41, 5.74) is 1.33. The third-order valence-corrected chi connectivity index (χ3v) is 4.90. The Morgan fingerprint density at radius 3 is 1.67 bits per heavy atom. The van der Waals surface area contributed by atoms with Gasteiger partial charge in [0, 0.05) is 46.3 Å². The maximum absolute atomic E-state index is 12.6. The van der Waals surface area contributed by atoms with Gasteiger partial charge < -0.3 is 9.80 Å². The van der Waals surface area contributed by atoms with E-state index in [1.54, 1.807) is 9.80 Å². The van der Waals surface area contributed by atoms with Gasteiger partial charge in [-0.3, -0.25) is 9.59 Å². The lowest BCUT2D eigenvalue weighted by atomic mass is 10.1. The first-order valence-corrected chi connectivity index (χ1v) is 9.23. The molecule has 3 rings (SSSR count). The van der Waals surface area contributed by atoms with Crippen LogP contribution in [0.15, 0.2) is 57.5 Å². The lowest BCUT2D eigenvalue weighted by Crippen LogP contribution is -2.50. The van der Waals surface area contributed by atoms with E-state index in [-0.39, 0.29) is 11.8 Å². The zero-order valence-electron chi connectivity index (χ0n) is 12.9. The average Bonchev–Trinajstić information content (AvgIpc) is 2.60. The molecule has 1 saturated heterocycles. The summed E-state index contributed by atoms with van der Waals surface area (Å²) in [5, 5.41) is 0. The van der Waals surface area contributed by atoms with Crippen LogP contribution in [0, 0.1) is 0 Å². The molecular formula is C18H16Br2N2O2. The number of carbonyl (C=O) groups excluding carboxylic acids is 2. The molecule has 1 aliphatic heterocycles. The Morgan fingerprint density at radius 1 is 0.708 bits per heavy atom. The molecule has 1 aliphatic rings. The van der Waals surface area contributed by atoms with Crippen LogP contribution in [-0.4, -0.2) is 47.8 Å². The summed E-state index contributed by atoms with van der Waals surface area (Å²) in [6.45, 7) is 2.19. The van der Waals surface area contributed by atoms with E-state index < -0.39 is 0 Å². The van der Waals surface area contributed by atoms with Crippen LogP contribution in [0.5, 0.6) is 0 Å². The van der Waals surface area contributed by atoms with Crippen molar-refractivity contribution in [1.29, 1.82) is 0 Å². The Morgan fingerprint density at radius 2 is 1.17 bits per heavy atom. The maximum Gasteiger partial charge on any atom is 0.254 e. The number of hydrogen-bond acceptors (Lipinski definition) is 2. The van der Waals surface area contributed by atoms with Crippen molar-refractivity contribution in [2.24, 2.45) is 0 Å². The Bertz CT molecular complexity index is 737. The Kier molecular flexibility index (Phi) is 5.36. The van der Waals surface area contributed by atoms with E-state index in [9.17, 15) is 9.59 Å². The molecular weight excluding hydrogens is 436 g/mol. The van der Waals surface area contributed by atoms with Gasteiger partial charge in [-0.2, -0.15) is 0 Å². The standard InChI is InChI=1S/C18H16Br2N2O2/c19-15-10-14(11-16(20)12-15)18(24)22-8-6-21(7-9-22)17(23)13-4-2-1-3-5-13/h1-5,10-12H,6-9H2. The molecule has 0 aliphatic carbocycles. The predicted molar refractivity (Wildman–Crippen MR) is 100 cm³/mol. The van der Waals surface area contributed by atoms with E-state index in [2.05, 4.69) is 31.9 Å². The van der Waals surface area contributed by atoms with Gasteiger partial charge in [0.05, 0.1) is 0 Å². The van der Waals surface area contributed by atoms with Gasteiger partial charge in [0.25, 0.3) is 11.8 Å². The van der Waals surface area contributed by atoms with Crippen molar-refractivity contribution in [2.75, 3.05) is 26.2 Å². The van der Waals surface area contributed by atoms with Crippen LogP contribution in [0.3, 0.4) is 0 Å². The molecule has 2 aromatic rings. The minimum atomic E-state index is -0.0104. The number of hydrogen-bond donors (Lipinski definition) is 0. The third-order valence-electron chi connectivity index (χ3n) is 3.98. The minimum absolute atomic E-state index is 0.0104. The summed E-state index contributed by atoms with van der Waals surface area (Å²) in [6.07, 6.45) is 0. The van der Waals surface area contributed by atoms with E-state index in [0.29, 0.717) is 37.3 Å². The summed E-state index contributed by atoms with van der Waals surface area (Å²) in [5.74, 6) is 0.0108. The molecule has 2 aromatic carbocycles. The second-order valence-corrected chi connectivity index (χ2v) is 7.44. The second-order valence-electron chi connectivity index (χ2n) is 5.61. The SMILES string of the molecule is O=C(c1ccccc1)N1CCN(C(=O)c2cc(Br)cc(Br)c2)CC1. The molecule has 0 unspecified atom stereocenters. The highest BCUT2D eigenvalue weighted by Gasteiger charge is 2.25. The normalized spacial score (nSPS) is 14.6. The molecule has 24 heavy (non-hydrogen) atoms. The number of carbonyl (C=O) groups is 2. The van der Waals surface area contributed by atoms with Crippen molar-refractivity contribution in [3.63, 3.8) is 0 Å². The zero-order chi connectivity index (χ0) is 17.1. The number of nitrogens with zero attached hydrogens (tertiary/aromatic N) is 2. The van der Waals surface area contributed by atoms with Crippen LogP contribution >= 0.6 is 31.9 Å². The van der Waals surface area contributed by atoms with Gasteiger partial charge in [-0.15, -0.1) is 0 Å². The Hall–Kier alpha value is -1.66. The quantitative estimate of drug-likeness (QED) is 0.696. The summed E-state index contributed by atoms with van der Waals surface area (Å²) in [7, 11) is 0. The number of amides is 2. The van der Waals surface area contributed by atoms with Gasteiger partial charge in [0.2, 0.25) is 0 Å². The van der Waals surface area contributed by atoms with Crippen molar-refractivity contribution in [3.8, 4) is 0 Å². The molecule has 0 saturated carbocycles. The summed E-state index contributed by atoms with van der Waals surface area (Å²) in [6, 6.07) is 14.8. The van der Waals surface area contributed by atoms with Gasteiger partial charge in [-0.25, -0.2) is 0 Å². The summed E-state index contributed by atoms with van der Waals surface area (Å²) in [4.78, 5) is 28.7. The van der Waals surface area contributed by atoms with Gasteiger partial charge in [-0.1, -0.05) is 50.1 Å². The van der Waals surface area contributed by atoms with Crippen LogP contribution in [0.2, 0.25) is 0 Å². The van der Waals surface area contributed by atoms with E-state index in [0.717, 1.165) is 8.95 Å². The minimum Gasteiger partial charge on any atom is -0.335 e. The number of halogens is 2. The predicted octanol–water partition coefficient (Wildman–Crippen LogP) is 3.81. The van der Waals surface area contributed by atoms with Crippen molar-refractivity contribution < 1.29 is 9.59 Å². The van der Waals surface area contributed by atoms with Crippen molar-refractivity contribution in [1.82, 2.24) is 9.80 Å². The Balaban J connectivity index is 1.64. The van der Waals surface area contributed by atoms with Gasteiger partial charge in [0.1, 0.15) is 0 Å². The molecule has 4 nitrogen and oxygen atoms in total. The fourth-order valence-corrected chi connectivity index (χ4v) is 4.03. The highest BCUT2D eigenvalue weighted by molar-refractivity contribution is 9.11. The van der Waals surface area contributed by atoms with Gasteiger partial charge >= 0.3 is 0 Å². The van der Waals surface area contributed by atoms with Gasteiger partial charge in [0.15, 0.2) is 0 Å². The van der Waals surface area contributed by atoms with E-state index in [1.165, 1.54) is 0 Å². The second kappa shape index (κ2) is 7.49. The monoisotopic (exact) mass is 450 g/mol. The largest absolute Gasteiger partial charge is 0.335 e. The number of rotatable bonds is 2. The fourth-order valence-electron chi connectivity index (χ4n) is 2.74. The molecule has 124 valence electrons. The average molecular weight is 452 g/mol. The first-order chi connectivity index (χ1) is 11.5. The highest BCUT2D eigenvalue weighted by Crippen LogP contribution is 2.21. The van der Waals surface area contributed by atoms with Crippen LogP contribution < -0.4 is 0 Å². The molecule has 0 bridgehead atoms. The molecule has 0 aromatic heterocycles. The van der Waals surface area contributed by atoms with Crippen LogP contribution in [0.25, 0.3) is 0 Å². The molecule has 0 radical (unpaired) electrons. The highest BCUT2D eigenvalue weighted by atomic mass is 79.9. The third kappa shape index (κ3) is 3.87.